The fourth-order valence-electron chi connectivity index (χ4n) is 4.24. The van der Waals surface area contributed by atoms with E-state index in [9.17, 15) is 13.2 Å². The minimum Gasteiger partial charge on any atom is -0.469 e. The van der Waals surface area contributed by atoms with Gasteiger partial charge in [-0.1, -0.05) is 54.6 Å². The first-order valence-electron chi connectivity index (χ1n) is 11.1. The smallest absolute Gasteiger partial charge is 0.309 e. The molecule has 4 aromatic rings. The number of H-pyrrole nitrogens is 1. The first-order valence-corrected chi connectivity index (χ1v) is 13.0. The molecule has 0 saturated carbocycles. The van der Waals surface area contributed by atoms with Crippen LogP contribution in [-0.2, 0) is 37.0 Å². The Labute approximate surface area is 205 Å². The average Bonchev–Trinajstić information content (AvgIpc) is 3.39. The van der Waals surface area contributed by atoms with Crippen LogP contribution in [0.15, 0.2) is 97.2 Å². The molecule has 3 aromatic carbocycles. The second-order valence-electron chi connectivity index (χ2n) is 8.37. The number of rotatable bonds is 9. The van der Waals surface area contributed by atoms with E-state index in [-0.39, 0.29) is 18.8 Å². The molecule has 6 nitrogen and oxygen atoms in total. The summed E-state index contributed by atoms with van der Waals surface area (Å²) in [6.45, 7) is 0. The van der Waals surface area contributed by atoms with Crippen molar-refractivity contribution in [3.05, 3.63) is 120 Å². The molecule has 0 saturated heterocycles. The average molecular weight is 490 g/mol. The van der Waals surface area contributed by atoms with Crippen LogP contribution in [0.3, 0.4) is 0 Å². The third kappa shape index (κ3) is 5.30. The number of hydrogen-bond acceptors (Lipinski definition) is 5. The zero-order valence-electron chi connectivity index (χ0n) is 19.6. The van der Waals surface area contributed by atoms with Gasteiger partial charge in [-0.15, -0.1) is 0 Å². The molecular formula is C28H27NO5S. The number of carbonyl (C=O) groups excluding carboxylic acids is 1. The fraction of sp³-hybridized carbons (Fsp3) is 0.179. The number of benzene rings is 3. The lowest BCUT2D eigenvalue weighted by molar-refractivity contribution is -0.139. The standard InChI is InChI=1S/C28H27NO5S/c1-33-27(30)19-22-8-6-9-23(18-22)28(35(2,31)32,26-12-7-17-29-26)20-21-13-15-25(16-14-21)34-24-10-4-3-5-11-24/h3-18,29H,19-20H2,1-2H3. The van der Waals surface area contributed by atoms with Gasteiger partial charge in [-0.25, -0.2) is 8.42 Å². The largest absolute Gasteiger partial charge is 0.469 e. The van der Waals surface area contributed by atoms with E-state index in [1.807, 2.05) is 54.6 Å². The quantitative estimate of drug-likeness (QED) is 0.333. The number of esters is 1. The summed E-state index contributed by atoms with van der Waals surface area (Å²) < 4.78 is 36.3. The molecule has 1 heterocycles. The normalized spacial score (nSPS) is 13.1. The highest BCUT2D eigenvalue weighted by Crippen LogP contribution is 2.40. The fourth-order valence-corrected chi connectivity index (χ4v) is 5.75. The second kappa shape index (κ2) is 10.2. The summed E-state index contributed by atoms with van der Waals surface area (Å²) in [4.78, 5) is 15.0. The maximum Gasteiger partial charge on any atom is 0.309 e. The van der Waals surface area contributed by atoms with Crippen molar-refractivity contribution in [1.29, 1.82) is 0 Å². The van der Waals surface area contributed by atoms with Crippen molar-refractivity contribution in [3.8, 4) is 11.5 Å². The molecule has 1 atom stereocenters. The maximum atomic E-state index is 13.5. The molecule has 0 amide bonds. The molecule has 0 aliphatic carbocycles. The van der Waals surface area contributed by atoms with E-state index in [0.717, 1.165) is 11.3 Å². The van der Waals surface area contributed by atoms with Crippen LogP contribution >= 0.6 is 0 Å². The van der Waals surface area contributed by atoms with Gasteiger partial charge in [-0.2, -0.15) is 0 Å². The molecule has 0 aliphatic rings. The summed E-state index contributed by atoms with van der Waals surface area (Å²) in [5, 5.41) is 0. The number of aromatic nitrogens is 1. The Morgan fingerprint density at radius 1 is 0.857 bits per heavy atom. The number of nitrogens with one attached hydrogen (secondary N) is 1. The van der Waals surface area contributed by atoms with Crippen LogP contribution in [0.5, 0.6) is 11.5 Å². The van der Waals surface area contributed by atoms with Crippen molar-refractivity contribution < 1.29 is 22.7 Å². The topological polar surface area (TPSA) is 85.5 Å². The molecule has 0 fully saturated rings. The van der Waals surface area contributed by atoms with Gasteiger partial charge in [0.1, 0.15) is 16.2 Å². The molecule has 0 bridgehead atoms. The highest BCUT2D eigenvalue weighted by atomic mass is 32.2. The number of aromatic amines is 1. The number of hydrogen-bond donors (Lipinski definition) is 1. The molecule has 0 aliphatic heterocycles. The SMILES string of the molecule is COC(=O)Cc1cccc(C(Cc2ccc(Oc3ccccc3)cc2)(c2ccc[nH]2)S(C)(=O)=O)c1. The number of carbonyl (C=O) groups is 1. The van der Waals surface area contributed by atoms with E-state index in [0.29, 0.717) is 22.6 Å². The van der Waals surface area contributed by atoms with Gasteiger partial charge in [0.15, 0.2) is 9.84 Å². The zero-order valence-corrected chi connectivity index (χ0v) is 20.4. The van der Waals surface area contributed by atoms with Crippen LogP contribution < -0.4 is 4.74 Å². The van der Waals surface area contributed by atoms with Gasteiger partial charge in [0, 0.05) is 24.6 Å². The molecule has 180 valence electrons. The van der Waals surface area contributed by atoms with Gasteiger partial charge in [0.05, 0.1) is 13.5 Å². The summed E-state index contributed by atoms with van der Waals surface area (Å²) >= 11 is 0. The lowest BCUT2D eigenvalue weighted by atomic mass is 9.87. The zero-order chi connectivity index (χ0) is 24.9. The Kier molecular flexibility index (Phi) is 7.07. The lowest BCUT2D eigenvalue weighted by Crippen LogP contribution is -2.39. The Morgan fingerprint density at radius 3 is 2.20 bits per heavy atom. The van der Waals surface area contributed by atoms with E-state index in [4.69, 9.17) is 9.47 Å². The summed E-state index contributed by atoms with van der Waals surface area (Å²) in [6, 6.07) is 27.5. The van der Waals surface area contributed by atoms with Crippen LogP contribution in [0.1, 0.15) is 22.4 Å². The van der Waals surface area contributed by atoms with Gasteiger partial charge in [0.25, 0.3) is 0 Å². The van der Waals surface area contributed by atoms with Gasteiger partial charge in [0.2, 0.25) is 0 Å². The van der Waals surface area contributed by atoms with E-state index < -0.39 is 14.6 Å². The third-order valence-corrected chi connectivity index (χ3v) is 7.86. The van der Waals surface area contributed by atoms with Crippen molar-refractivity contribution in [2.45, 2.75) is 17.6 Å². The third-order valence-electron chi connectivity index (χ3n) is 5.99. The minimum absolute atomic E-state index is 0.0560. The van der Waals surface area contributed by atoms with Crippen molar-refractivity contribution in [2.75, 3.05) is 13.4 Å². The number of ether oxygens (including phenoxy) is 2. The second-order valence-corrected chi connectivity index (χ2v) is 10.6. The summed E-state index contributed by atoms with van der Waals surface area (Å²) in [5.41, 5.74) is 2.64. The van der Waals surface area contributed by atoms with Crippen LogP contribution in [0.25, 0.3) is 0 Å². The predicted octanol–water partition coefficient (Wildman–Crippen LogP) is 5.05. The van der Waals surface area contributed by atoms with E-state index in [1.54, 1.807) is 42.6 Å². The molecule has 0 spiro atoms. The van der Waals surface area contributed by atoms with E-state index >= 15 is 0 Å². The summed E-state index contributed by atoms with van der Waals surface area (Å²) in [7, 11) is -2.36. The van der Waals surface area contributed by atoms with Crippen LogP contribution in [-0.4, -0.2) is 32.7 Å². The Morgan fingerprint density at radius 2 is 1.57 bits per heavy atom. The van der Waals surface area contributed by atoms with Gasteiger partial charge >= 0.3 is 5.97 Å². The van der Waals surface area contributed by atoms with Crippen LogP contribution in [0.2, 0.25) is 0 Å². The molecular weight excluding hydrogens is 462 g/mol. The van der Waals surface area contributed by atoms with E-state index in [2.05, 4.69) is 4.98 Å². The minimum atomic E-state index is -3.69. The molecule has 35 heavy (non-hydrogen) atoms. The number of para-hydroxylation sites is 1. The molecule has 4 rings (SSSR count). The van der Waals surface area contributed by atoms with Crippen LogP contribution in [0, 0.1) is 0 Å². The highest BCUT2D eigenvalue weighted by Gasteiger charge is 2.45. The van der Waals surface area contributed by atoms with Gasteiger partial charge in [-0.05, 0) is 53.1 Å². The molecule has 1 N–H and O–H groups in total. The Bertz CT molecular complexity index is 1380. The molecule has 7 heteroatoms. The Balaban J connectivity index is 1.75. The van der Waals surface area contributed by atoms with E-state index in [1.165, 1.54) is 13.4 Å². The number of sulfone groups is 1. The van der Waals surface area contributed by atoms with Crippen LogP contribution in [0.4, 0.5) is 0 Å². The highest BCUT2D eigenvalue weighted by molar-refractivity contribution is 7.91. The Hall–Kier alpha value is -3.84. The van der Waals surface area contributed by atoms with Crippen molar-refractivity contribution >= 4 is 15.8 Å². The maximum absolute atomic E-state index is 13.5. The molecule has 1 aromatic heterocycles. The van der Waals surface area contributed by atoms with Crippen molar-refractivity contribution in [2.24, 2.45) is 0 Å². The van der Waals surface area contributed by atoms with Crippen molar-refractivity contribution in [3.63, 3.8) is 0 Å². The monoisotopic (exact) mass is 489 g/mol. The summed E-state index contributed by atoms with van der Waals surface area (Å²) in [6.07, 6.45) is 3.21. The van der Waals surface area contributed by atoms with Gasteiger partial charge in [-0.3, -0.25) is 4.79 Å². The molecule has 1 unspecified atom stereocenters. The number of methoxy groups -OCH3 is 1. The first-order chi connectivity index (χ1) is 16.8. The predicted molar refractivity (Wildman–Crippen MR) is 135 cm³/mol. The summed E-state index contributed by atoms with van der Waals surface area (Å²) in [5.74, 6) is 0.991. The van der Waals surface area contributed by atoms with Gasteiger partial charge < -0.3 is 14.5 Å². The first kappa shape index (κ1) is 24.3. The molecule has 0 radical (unpaired) electrons. The van der Waals surface area contributed by atoms with Crippen molar-refractivity contribution in [1.82, 2.24) is 4.98 Å². The lowest BCUT2D eigenvalue weighted by Gasteiger charge is -2.32.